The van der Waals surface area contributed by atoms with Crippen LogP contribution >= 0.6 is 0 Å². The summed E-state index contributed by atoms with van der Waals surface area (Å²) in [5.41, 5.74) is 3.73. The summed E-state index contributed by atoms with van der Waals surface area (Å²) in [6, 6.07) is 13.8. The first-order valence-electron chi connectivity index (χ1n) is 7.78. The van der Waals surface area contributed by atoms with E-state index in [0.717, 1.165) is 22.2 Å². The van der Waals surface area contributed by atoms with Gasteiger partial charge in [-0.2, -0.15) is 0 Å². The molecule has 0 fully saturated rings. The van der Waals surface area contributed by atoms with Crippen molar-refractivity contribution in [1.82, 2.24) is 4.57 Å². The molecule has 0 unspecified atom stereocenters. The second-order valence-electron chi connectivity index (χ2n) is 5.86. The third-order valence-corrected chi connectivity index (χ3v) is 4.46. The van der Waals surface area contributed by atoms with Crippen LogP contribution in [-0.2, 0) is 18.0 Å². The SMILES string of the molecule is COCn1ccc2cc(N3Cc4ccc(OC)cc4C3=O)ccc21. The summed E-state index contributed by atoms with van der Waals surface area (Å²) >= 11 is 0. The summed E-state index contributed by atoms with van der Waals surface area (Å²) in [6.45, 7) is 1.10. The first-order valence-corrected chi connectivity index (χ1v) is 7.78. The Balaban J connectivity index is 1.69. The number of methoxy groups -OCH3 is 2. The van der Waals surface area contributed by atoms with Gasteiger partial charge in [0, 0.05) is 29.9 Å². The number of nitrogens with zero attached hydrogens (tertiary/aromatic N) is 2. The lowest BCUT2D eigenvalue weighted by Crippen LogP contribution is -2.22. The van der Waals surface area contributed by atoms with Crippen LogP contribution in [0.1, 0.15) is 15.9 Å². The van der Waals surface area contributed by atoms with E-state index in [1.165, 1.54) is 0 Å². The monoisotopic (exact) mass is 322 g/mol. The van der Waals surface area contributed by atoms with E-state index in [0.29, 0.717) is 24.6 Å². The number of hydrogen-bond acceptors (Lipinski definition) is 3. The van der Waals surface area contributed by atoms with Gasteiger partial charge in [-0.05, 0) is 42.0 Å². The molecule has 0 atom stereocenters. The zero-order valence-electron chi connectivity index (χ0n) is 13.7. The maximum atomic E-state index is 12.8. The van der Waals surface area contributed by atoms with E-state index in [1.807, 2.05) is 53.2 Å². The molecule has 1 aliphatic rings. The molecule has 5 nitrogen and oxygen atoms in total. The summed E-state index contributed by atoms with van der Waals surface area (Å²) in [4.78, 5) is 14.6. The number of amides is 1. The topological polar surface area (TPSA) is 43.7 Å². The molecule has 0 aliphatic carbocycles. The standard InChI is InChI=1S/C19H18N2O3/c1-23-12-20-8-7-13-9-15(4-6-18(13)20)21-11-14-3-5-16(24-2)10-17(14)19(21)22/h3-10H,11-12H2,1-2H3. The molecule has 0 spiro atoms. The highest BCUT2D eigenvalue weighted by Gasteiger charge is 2.29. The molecule has 3 aromatic rings. The number of benzene rings is 2. The largest absolute Gasteiger partial charge is 0.497 e. The first kappa shape index (κ1) is 14.8. The minimum atomic E-state index is 0.0135. The summed E-state index contributed by atoms with van der Waals surface area (Å²) in [5, 5.41) is 1.09. The number of carbonyl (C=O) groups is 1. The zero-order valence-corrected chi connectivity index (χ0v) is 13.7. The molecule has 1 amide bonds. The molecule has 5 heteroatoms. The van der Waals surface area contributed by atoms with E-state index in [2.05, 4.69) is 0 Å². The van der Waals surface area contributed by atoms with Crippen LogP contribution in [0.4, 0.5) is 5.69 Å². The number of ether oxygens (including phenoxy) is 2. The Morgan fingerprint density at radius 3 is 2.75 bits per heavy atom. The lowest BCUT2D eigenvalue weighted by molar-refractivity contribution is 0.0996. The van der Waals surface area contributed by atoms with E-state index in [1.54, 1.807) is 19.1 Å². The van der Waals surface area contributed by atoms with Crippen LogP contribution < -0.4 is 9.64 Å². The van der Waals surface area contributed by atoms with Crippen molar-refractivity contribution >= 4 is 22.5 Å². The number of fused-ring (bicyclic) bond motifs is 2. The van der Waals surface area contributed by atoms with Crippen LogP contribution in [0.15, 0.2) is 48.7 Å². The molecule has 2 heterocycles. The molecule has 0 bridgehead atoms. The summed E-state index contributed by atoms with van der Waals surface area (Å²) in [6.07, 6.45) is 1.99. The maximum absolute atomic E-state index is 12.8. The van der Waals surface area contributed by atoms with Crippen molar-refractivity contribution < 1.29 is 14.3 Å². The third kappa shape index (κ3) is 2.25. The molecule has 0 N–H and O–H groups in total. The Morgan fingerprint density at radius 1 is 1.08 bits per heavy atom. The lowest BCUT2D eigenvalue weighted by atomic mass is 10.1. The van der Waals surface area contributed by atoms with Crippen LogP contribution in [0.5, 0.6) is 5.75 Å². The van der Waals surface area contributed by atoms with Crippen molar-refractivity contribution in [1.29, 1.82) is 0 Å². The Bertz CT molecular complexity index is 930. The molecule has 122 valence electrons. The fraction of sp³-hybridized carbons (Fsp3) is 0.211. The highest BCUT2D eigenvalue weighted by Crippen LogP contribution is 2.32. The molecule has 4 rings (SSSR count). The quantitative estimate of drug-likeness (QED) is 0.739. The summed E-state index contributed by atoms with van der Waals surface area (Å²) < 4.78 is 12.5. The molecule has 1 aromatic heterocycles. The highest BCUT2D eigenvalue weighted by molar-refractivity contribution is 6.10. The van der Waals surface area contributed by atoms with Gasteiger partial charge in [-0.15, -0.1) is 0 Å². The Kier molecular flexibility index (Phi) is 3.50. The molecule has 0 saturated carbocycles. The molecule has 0 radical (unpaired) electrons. The van der Waals surface area contributed by atoms with Crippen molar-refractivity contribution in [2.75, 3.05) is 19.1 Å². The molecule has 1 aliphatic heterocycles. The van der Waals surface area contributed by atoms with Gasteiger partial charge in [-0.3, -0.25) is 4.79 Å². The number of rotatable bonds is 4. The molecule has 2 aromatic carbocycles. The van der Waals surface area contributed by atoms with E-state index < -0.39 is 0 Å². The fourth-order valence-corrected chi connectivity index (χ4v) is 3.22. The van der Waals surface area contributed by atoms with Crippen molar-refractivity contribution in [2.45, 2.75) is 13.3 Å². The van der Waals surface area contributed by atoms with E-state index in [-0.39, 0.29) is 5.91 Å². The van der Waals surface area contributed by atoms with Crippen LogP contribution in [0.3, 0.4) is 0 Å². The normalized spacial score (nSPS) is 13.6. The van der Waals surface area contributed by atoms with Gasteiger partial charge in [0.15, 0.2) is 0 Å². The Morgan fingerprint density at radius 2 is 1.96 bits per heavy atom. The van der Waals surface area contributed by atoms with Gasteiger partial charge in [0.25, 0.3) is 5.91 Å². The Hall–Kier alpha value is -2.79. The summed E-state index contributed by atoms with van der Waals surface area (Å²) in [7, 11) is 3.28. The molecular formula is C19H18N2O3. The van der Waals surface area contributed by atoms with E-state index in [4.69, 9.17) is 9.47 Å². The van der Waals surface area contributed by atoms with Crippen LogP contribution in [-0.4, -0.2) is 24.7 Å². The number of carbonyl (C=O) groups excluding carboxylic acids is 1. The Labute approximate surface area is 140 Å². The molecule has 0 saturated heterocycles. The fourth-order valence-electron chi connectivity index (χ4n) is 3.22. The van der Waals surface area contributed by atoms with Crippen LogP contribution in [0, 0.1) is 0 Å². The number of anilines is 1. The maximum Gasteiger partial charge on any atom is 0.259 e. The van der Waals surface area contributed by atoms with E-state index >= 15 is 0 Å². The zero-order chi connectivity index (χ0) is 16.7. The average Bonchev–Trinajstić information content (AvgIpc) is 3.16. The van der Waals surface area contributed by atoms with Crippen molar-refractivity contribution in [3.05, 3.63) is 59.8 Å². The van der Waals surface area contributed by atoms with Gasteiger partial charge in [-0.25, -0.2) is 0 Å². The number of aromatic nitrogens is 1. The third-order valence-electron chi connectivity index (χ3n) is 4.46. The van der Waals surface area contributed by atoms with Crippen molar-refractivity contribution in [2.24, 2.45) is 0 Å². The van der Waals surface area contributed by atoms with Crippen molar-refractivity contribution in [3.8, 4) is 5.75 Å². The predicted octanol–water partition coefficient (Wildman–Crippen LogP) is 3.41. The van der Waals surface area contributed by atoms with Crippen LogP contribution in [0.2, 0.25) is 0 Å². The summed E-state index contributed by atoms with van der Waals surface area (Å²) in [5.74, 6) is 0.718. The highest BCUT2D eigenvalue weighted by atomic mass is 16.5. The first-order chi connectivity index (χ1) is 11.7. The number of hydrogen-bond donors (Lipinski definition) is 0. The second kappa shape index (κ2) is 5.69. The minimum absolute atomic E-state index is 0.0135. The van der Waals surface area contributed by atoms with Gasteiger partial charge in [0.05, 0.1) is 19.2 Å². The van der Waals surface area contributed by atoms with Gasteiger partial charge >= 0.3 is 0 Å². The lowest BCUT2D eigenvalue weighted by Gasteiger charge is -2.16. The van der Waals surface area contributed by atoms with Gasteiger partial charge < -0.3 is 18.9 Å². The molecular weight excluding hydrogens is 304 g/mol. The molecule has 24 heavy (non-hydrogen) atoms. The second-order valence-corrected chi connectivity index (χ2v) is 5.86. The van der Waals surface area contributed by atoms with Crippen LogP contribution in [0.25, 0.3) is 10.9 Å². The predicted molar refractivity (Wildman–Crippen MR) is 92.5 cm³/mol. The smallest absolute Gasteiger partial charge is 0.259 e. The van der Waals surface area contributed by atoms with Gasteiger partial charge in [0.1, 0.15) is 12.5 Å². The van der Waals surface area contributed by atoms with Crippen molar-refractivity contribution in [3.63, 3.8) is 0 Å². The minimum Gasteiger partial charge on any atom is -0.497 e. The van der Waals surface area contributed by atoms with E-state index in [9.17, 15) is 4.79 Å². The van der Waals surface area contributed by atoms with Gasteiger partial charge in [-0.1, -0.05) is 6.07 Å². The average molecular weight is 322 g/mol. The van der Waals surface area contributed by atoms with Gasteiger partial charge in [0.2, 0.25) is 0 Å².